The van der Waals surface area contributed by atoms with Gasteiger partial charge in [-0.25, -0.2) is 13.2 Å². The molecule has 2 saturated carbocycles. The van der Waals surface area contributed by atoms with E-state index in [2.05, 4.69) is 47.7 Å². The van der Waals surface area contributed by atoms with Crippen LogP contribution in [0.15, 0.2) is 61.2 Å². The van der Waals surface area contributed by atoms with E-state index in [9.17, 15) is 22.0 Å². The Morgan fingerprint density at radius 3 is 1.95 bits per heavy atom. The predicted molar refractivity (Wildman–Crippen MR) is 152 cm³/mol. The van der Waals surface area contributed by atoms with Gasteiger partial charge in [-0.1, -0.05) is 30.4 Å². The maximum Gasteiger partial charge on any atom is 0.400 e. The Labute approximate surface area is 240 Å². The molecule has 0 aliphatic heterocycles. The lowest BCUT2D eigenvalue weighted by molar-refractivity contribution is -0.223. The zero-order chi connectivity index (χ0) is 29.2. The molecule has 2 aromatic carbocycles. The SMILES string of the molecule is C=CCCCCc1ccc(OCC2CCC(/C=C/C3CCC(C(F)(F)Oc4cc(F)c(F)c(F)c4)CC3)CC2)cc1. The van der Waals surface area contributed by atoms with Gasteiger partial charge in [0.05, 0.1) is 12.5 Å². The maximum atomic E-state index is 14.7. The van der Waals surface area contributed by atoms with Crippen LogP contribution in [0.4, 0.5) is 22.0 Å². The molecular formula is C34H41F5O2. The minimum Gasteiger partial charge on any atom is -0.493 e. The van der Waals surface area contributed by atoms with Crippen molar-refractivity contribution >= 4 is 0 Å². The average Bonchev–Trinajstić information content (AvgIpc) is 2.97. The molecule has 0 atom stereocenters. The van der Waals surface area contributed by atoms with E-state index >= 15 is 0 Å². The lowest BCUT2D eigenvalue weighted by Crippen LogP contribution is -2.37. The molecule has 0 radical (unpaired) electrons. The summed E-state index contributed by atoms with van der Waals surface area (Å²) in [7, 11) is 0. The number of hydrogen-bond acceptors (Lipinski definition) is 2. The van der Waals surface area contributed by atoms with Gasteiger partial charge in [0, 0.05) is 12.1 Å². The minimum absolute atomic E-state index is 0.230. The molecule has 2 aliphatic rings. The summed E-state index contributed by atoms with van der Waals surface area (Å²) in [5, 5.41) is 0. The number of unbranched alkanes of at least 4 members (excludes halogenated alkanes) is 2. The Balaban J connectivity index is 1.13. The van der Waals surface area contributed by atoms with Gasteiger partial charge in [-0.15, -0.1) is 6.58 Å². The normalized spacial score (nSPS) is 23.4. The van der Waals surface area contributed by atoms with Crippen LogP contribution in [0.3, 0.4) is 0 Å². The summed E-state index contributed by atoms with van der Waals surface area (Å²) in [6.07, 6.45) is 13.4. The van der Waals surface area contributed by atoms with E-state index < -0.39 is 35.2 Å². The molecule has 224 valence electrons. The Morgan fingerprint density at radius 1 is 0.780 bits per heavy atom. The molecular weight excluding hydrogens is 535 g/mol. The Kier molecular flexibility index (Phi) is 11.3. The maximum absolute atomic E-state index is 14.7. The molecule has 2 aliphatic carbocycles. The summed E-state index contributed by atoms with van der Waals surface area (Å²) in [4.78, 5) is 0. The van der Waals surface area contributed by atoms with E-state index in [1.54, 1.807) is 0 Å². The van der Waals surface area contributed by atoms with Gasteiger partial charge in [0.25, 0.3) is 0 Å². The van der Waals surface area contributed by atoms with Crippen molar-refractivity contribution in [3.63, 3.8) is 0 Å². The second-order valence-corrected chi connectivity index (χ2v) is 11.6. The van der Waals surface area contributed by atoms with Crippen LogP contribution in [-0.2, 0) is 6.42 Å². The first-order valence-corrected chi connectivity index (χ1v) is 15.0. The van der Waals surface area contributed by atoms with E-state index in [1.807, 2.05) is 6.08 Å². The van der Waals surface area contributed by atoms with Crippen LogP contribution in [0.1, 0.15) is 76.2 Å². The largest absolute Gasteiger partial charge is 0.493 e. The third-order valence-electron chi connectivity index (χ3n) is 8.54. The van der Waals surface area contributed by atoms with Crippen molar-refractivity contribution in [3.05, 3.63) is 84.2 Å². The van der Waals surface area contributed by atoms with Crippen LogP contribution in [0.5, 0.6) is 11.5 Å². The molecule has 2 aromatic rings. The molecule has 0 N–H and O–H groups in total. The first kappa shape index (κ1) is 31.1. The smallest absolute Gasteiger partial charge is 0.400 e. The highest BCUT2D eigenvalue weighted by molar-refractivity contribution is 5.27. The molecule has 41 heavy (non-hydrogen) atoms. The van der Waals surface area contributed by atoms with Gasteiger partial charge in [-0.2, -0.15) is 8.78 Å². The fraction of sp³-hybridized carbons (Fsp3) is 0.529. The van der Waals surface area contributed by atoms with Crippen LogP contribution in [0.2, 0.25) is 0 Å². The molecule has 2 nitrogen and oxygen atoms in total. The van der Waals surface area contributed by atoms with Gasteiger partial charge in [-0.3, -0.25) is 0 Å². The highest BCUT2D eigenvalue weighted by Crippen LogP contribution is 2.41. The summed E-state index contributed by atoms with van der Waals surface area (Å²) in [5.41, 5.74) is 1.34. The minimum atomic E-state index is -3.58. The van der Waals surface area contributed by atoms with E-state index in [0.717, 1.165) is 50.9 Å². The Bertz CT molecular complexity index is 1110. The van der Waals surface area contributed by atoms with Crippen molar-refractivity contribution < 1.29 is 31.4 Å². The van der Waals surface area contributed by atoms with Crippen LogP contribution >= 0.6 is 0 Å². The van der Waals surface area contributed by atoms with E-state index in [1.165, 1.54) is 18.4 Å². The summed E-state index contributed by atoms with van der Waals surface area (Å²) in [6, 6.07) is 9.34. The van der Waals surface area contributed by atoms with Crippen molar-refractivity contribution in [3.8, 4) is 11.5 Å². The van der Waals surface area contributed by atoms with Gasteiger partial charge in [0.15, 0.2) is 17.5 Å². The Morgan fingerprint density at radius 2 is 1.37 bits per heavy atom. The molecule has 2 fully saturated rings. The topological polar surface area (TPSA) is 18.5 Å². The number of hydrogen-bond donors (Lipinski definition) is 0. The lowest BCUT2D eigenvalue weighted by Gasteiger charge is -2.32. The molecule has 0 spiro atoms. The fourth-order valence-corrected chi connectivity index (χ4v) is 5.93. The molecule has 4 rings (SSSR count). The molecule has 0 heterocycles. The average molecular weight is 577 g/mol. The van der Waals surface area contributed by atoms with Crippen molar-refractivity contribution in [2.45, 2.75) is 83.2 Å². The molecule has 0 amide bonds. The van der Waals surface area contributed by atoms with Crippen LogP contribution in [-0.4, -0.2) is 12.7 Å². The van der Waals surface area contributed by atoms with Crippen molar-refractivity contribution in [2.75, 3.05) is 6.61 Å². The number of halogens is 5. The highest BCUT2D eigenvalue weighted by Gasteiger charge is 2.44. The van der Waals surface area contributed by atoms with Crippen molar-refractivity contribution in [1.29, 1.82) is 0 Å². The van der Waals surface area contributed by atoms with Gasteiger partial charge < -0.3 is 9.47 Å². The van der Waals surface area contributed by atoms with Gasteiger partial charge in [0.2, 0.25) is 0 Å². The highest BCUT2D eigenvalue weighted by atomic mass is 19.3. The molecule has 7 heteroatoms. The van der Waals surface area contributed by atoms with E-state index in [0.29, 0.717) is 36.8 Å². The third kappa shape index (κ3) is 9.34. The van der Waals surface area contributed by atoms with Gasteiger partial charge in [0.1, 0.15) is 11.5 Å². The van der Waals surface area contributed by atoms with Crippen molar-refractivity contribution in [1.82, 2.24) is 0 Å². The van der Waals surface area contributed by atoms with E-state index in [4.69, 9.17) is 4.74 Å². The zero-order valence-electron chi connectivity index (χ0n) is 23.6. The number of ether oxygens (including phenoxy) is 2. The standard InChI is InChI=1S/C34H41F5O2/c1-2-3-4-5-6-24-15-19-29(20-16-24)40-23-27-11-9-25(10-12-27)7-8-26-13-17-28(18-14-26)34(38,39)41-30-21-31(35)33(37)32(36)22-30/h2,7-8,15-16,19-22,25-28H,1,3-6,9-14,17-18,23H2/b8-7+. The second kappa shape index (κ2) is 14.9. The molecule has 0 bridgehead atoms. The summed E-state index contributed by atoms with van der Waals surface area (Å²) >= 11 is 0. The first-order valence-electron chi connectivity index (χ1n) is 15.0. The van der Waals surface area contributed by atoms with Gasteiger partial charge in [-0.05, 0) is 112 Å². The molecule has 0 saturated heterocycles. The number of aryl methyl sites for hydroxylation is 1. The predicted octanol–water partition coefficient (Wildman–Crippen LogP) is 10.2. The van der Waals surface area contributed by atoms with Crippen LogP contribution in [0, 0.1) is 41.1 Å². The molecule has 0 aromatic heterocycles. The van der Waals surface area contributed by atoms with Crippen LogP contribution < -0.4 is 9.47 Å². The number of alkyl halides is 2. The quantitative estimate of drug-likeness (QED) is 0.102. The zero-order valence-corrected chi connectivity index (χ0v) is 23.6. The lowest BCUT2D eigenvalue weighted by atomic mass is 9.79. The Hall–Kier alpha value is -2.83. The number of benzene rings is 2. The third-order valence-corrected chi connectivity index (χ3v) is 8.54. The number of rotatable bonds is 13. The van der Waals surface area contributed by atoms with Gasteiger partial charge >= 0.3 is 6.11 Å². The summed E-state index contributed by atoms with van der Waals surface area (Å²) < 4.78 is 79.9. The molecule has 0 unspecified atom stereocenters. The monoisotopic (exact) mass is 576 g/mol. The van der Waals surface area contributed by atoms with E-state index in [-0.39, 0.29) is 18.8 Å². The summed E-state index contributed by atoms with van der Waals surface area (Å²) in [5.74, 6) is -4.39. The second-order valence-electron chi connectivity index (χ2n) is 11.6. The summed E-state index contributed by atoms with van der Waals surface area (Å²) in [6.45, 7) is 4.49. The first-order chi connectivity index (χ1) is 19.7. The van der Waals surface area contributed by atoms with Crippen molar-refractivity contribution in [2.24, 2.45) is 23.7 Å². The fourth-order valence-electron chi connectivity index (χ4n) is 5.93. The van der Waals surface area contributed by atoms with Crippen LogP contribution in [0.25, 0.3) is 0 Å². The number of allylic oxidation sites excluding steroid dienone is 3.